The highest BCUT2D eigenvalue weighted by atomic mass is 35.5. The molecule has 8 heteroatoms. The molecule has 0 atom stereocenters. The van der Waals surface area contributed by atoms with Crippen LogP contribution in [0.2, 0.25) is 5.02 Å². The number of carbonyl (C=O) groups excluding carboxylic acids is 1. The molecule has 0 saturated heterocycles. The van der Waals surface area contributed by atoms with Gasteiger partial charge in [0.15, 0.2) is 0 Å². The Morgan fingerprint density at radius 3 is 2.66 bits per heavy atom. The first-order chi connectivity index (χ1) is 13.8. The Bertz CT molecular complexity index is 1220. The van der Waals surface area contributed by atoms with E-state index >= 15 is 0 Å². The predicted octanol–water partition coefficient (Wildman–Crippen LogP) is 6.15. The fraction of sp³-hybridized carbons (Fsp3) is 0.0476. The summed E-state index contributed by atoms with van der Waals surface area (Å²) in [6.45, 7) is 0. The van der Waals surface area contributed by atoms with Crippen LogP contribution in [0.3, 0.4) is 0 Å². The molecule has 0 radical (unpaired) electrons. The van der Waals surface area contributed by atoms with Crippen molar-refractivity contribution < 1.29 is 18.0 Å². The van der Waals surface area contributed by atoms with E-state index in [9.17, 15) is 18.0 Å². The number of halogens is 4. The van der Waals surface area contributed by atoms with Gasteiger partial charge in [0.25, 0.3) is 5.91 Å². The van der Waals surface area contributed by atoms with Gasteiger partial charge in [-0.2, -0.15) is 18.3 Å². The molecule has 1 amide bonds. The van der Waals surface area contributed by atoms with Crippen molar-refractivity contribution in [1.29, 1.82) is 0 Å². The van der Waals surface area contributed by atoms with E-state index in [4.69, 9.17) is 11.6 Å². The van der Waals surface area contributed by atoms with E-state index in [1.165, 1.54) is 12.1 Å². The molecule has 29 heavy (non-hydrogen) atoms. The maximum Gasteiger partial charge on any atom is 0.416 e. The van der Waals surface area contributed by atoms with Crippen LogP contribution < -0.4 is 5.32 Å². The van der Waals surface area contributed by atoms with E-state index < -0.39 is 17.6 Å². The second kappa shape index (κ2) is 7.25. The molecular formula is C21H13ClF3N3O. The average Bonchev–Trinajstić information content (AvgIpc) is 3.16. The van der Waals surface area contributed by atoms with Gasteiger partial charge in [-0.25, -0.2) is 0 Å². The SMILES string of the molecule is O=C(Nc1ccc(Cl)c(-c2ccc3cn[nH]c3c2)c1)c1cccc(C(F)(F)F)c1. The van der Waals surface area contributed by atoms with Gasteiger partial charge in [-0.3, -0.25) is 9.89 Å². The van der Waals surface area contributed by atoms with Gasteiger partial charge in [0.2, 0.25) is 0 Å². The molecule has 4 rings (SSSR count). The molecule has 0 unspecified atom stereocenters. The summed E-state index contributed by atoms with van der Waals surface area (Å²) in [5, 5.41) is 10.9. The number of carbonyl (C=O) groups is 1. The van der Waals surface area contributed by atoms with Crippen molar-refractivity contribution in [2.24, 2.45) is 0 Å². The van der Waals surface area contributed by atoms with E-state index in [0.717, 1.165) is 28.6 Å². The lowest BCUT2D eigenvalue weighted by atomic mass is 10.0. The minimum absolute atomic E-state index is 0.0878. The fourth-order valence-corrected chi connectivity index (χ4v) is 3.20. The van der Waals surface area contributed by atoms with E-state index in [1.54, 1.807) is 24.4 Å². The van der Waals surface area contributed by atoms with Crippen LogP contribution in [0.1, 0.15) is 15.9 Å². The first-order valence-electron chi connectivity index (χ1n) is 8.53. The predicted molar refractivity (Wildman–Crippen MR) is 106 cm³/mol. The molecule has 0 fully saturated rings. The number of hydrogen-bond donors (Lipinski definition) is 2. The average molecular weight is 416 g/mol. The van der Waals surface area contributed by atoms with Crippen molar-refractivity contribution >= 4 is 34.1 Å². The van der Waals surface area contributed by atoms with E-state index in [1.807, 2.05) is 18.2 Å². The lowest BCUT2D eigenvalue weighted by Gasteiger charge is -2.11. The second-order valence-corrected chi connectivity index (χ2v) is 6.81. The smallest absolute Gasteiger partial charge is 0.322 e. The summed E-state index contributed by atoms with van der Waals surface area (Å²) in [6, 6.07) is 14.8. The summed E-state index contributed by atoms with van der Waals surface area (Å²) in [5.41, 5.74) is 1.76. The molecule has 1 aromatic heterocycles. The van der Waals surface area contributed by atoms with Crippen LogP contribution >= 0.6 is 11.6 Å². The molecule has 0 spiro atoms. The molecule has 4 nitrogen and oxygen atoms in total. The summed E-state index contributed by atoms with van der Waals surface area (Å²) in [4.78, 5) is 12.4. The van der Waals surface area contributed by atoms with Crippen molar-refractivity contribution in [2.75, 3.05) is 5.32 Å². The summed E-state index contributed by atoms with van der Waals surface area (Å²) in [5.74, 6) is -0.645. The minimum Gasteiger partial charge on any atom is -0.322 e. The Kier molecular flexibility index (Phi) is 4.76. The van der Waals surface area contributed by atoms with Gasteiger partial charge in [0.1, 0.15) is 0 Å². The van der Waals surface area contributed by atoms with E-state index in [0.29, 0.717) is 16.3 Å². The highest BCUT2D eigenvalue weighted by Gasteiger charge is 2.30. The number of nitrogens with zero attached hydrogens (tertiary/aromatic N) is 1. The number of anilines is 1. The number of benzene rings is 3. The molecule has 1 heterocycles. The molecule has 0 bridgehead atoms. The lowest BCUT2D eigenvalue weighted by Crippen LogP contribution is -2.14. The summed E-state index contributed by atoms with van der Waals surface area (Å²) < 4.78 is 38.6. The summed E-state index contributed by atoms with van der Waals surface area (Å²) >= 11 is 6.32. The van der Waals surface area contributed by atoms with Crippen molar-refractivity contribution in [1.82, 2.24) is 10.2 Å². The number of rotatable bonds is 3. The maximum absolute atomic E-state index is 12.9. The second-order valence-electron chi connectivity index (χ2n) is 6.40. The Labute approximate surface area is 168 Å². The molecule has 0 aliphatic carbocycles. The zero-order valence-corrected chi connectivity index (χ0v) is 15.5. The Morgan fingerprint density at radius 1 is 1.03 bits per heavy atom. The highest BCUT2D eigenvalue weighted by Crippen LogP contribution is 2.33. The number of fused-ring (bicyclic) bond motifs is 1. The van der Waals surface area contributed by atoms with Gasteiger partial charge in [-0.1, -0.05) is 29.8 Å². The quantitative estimate of drug-likeness (QED) is 0.421. The first kappa shape index (κ1) is 19.0. The first-order valence-corrected chi connectivity index (χ1v) is 8.91. The van der Waals surface area contributed by atoms with Crippen LogP contribution in [0, 0.1) is 0 Å². The van der Waals surface area contributed by atoms with Crippen molar-refractivity contribution in [3.63, 3.8) is 0 Å². The monoisotopic (exact) mass is 415 g/mol. The van der Waals surface area contributed by atoms with Crippen molar-refractivity contribution in [2.45, 2.75) is 6.18 Å². The molecule has 0 saturated carbocycles. The normalized spacial score (nSPS) is 11.6. The number of hydrogen-bond acceptors (Lipinski definition) is 2. The van der Waals surface area contributed by atoms with Crippen molar-refractivity contribution in [3.05, 3.63) is 83.0 Å². The number of amides is 1. The van der Waals surface area contributed by atoms with Gasteiger partial charge in [0.05, 0.1) is 17.3 Å². The standard InChI is InChI=1S/C21H13ClF3N3O/c22-18-7-6-16(10-17(18)12-4-5-14-11-26-28-19(14)9-12)27-20(29)13-2-1-3-15(8-13)21(23,24)25/h1-11H,(H,26,28)(H,27,29). The molecule has 4 aromatic rings. The molecular weight excluding hydrogens is 403 g/mol. The van der Waals surface area contributed by atoms with Gasteiger partial charge < -0.3 is 5.32 Å². The fourth-order valence-electron chi connectivity index (χ4n) is 2.97. The summed E-state index contributed by atoms with van der Waals surface area (Å²) in [6.07, 6.45) is -2.82. The van der Waals surface area contributed by atoms with Crippen LogP contribution in [0.4, 0.5) is 18.9 Å². The molecule has 146 valence electrons. The third-order valence-corrected chi connectivity index (χ3v) is 4.76. The van der Waals surface area contributed by atoms with Gasteiger partial charge in [0, 0.05) is 27.2 Å². The maximum atomic E-state index is 12.9. The highest BCUT2D eigenvalue weighted by molar-refractivity contribution is 6.33. The van der Waals surface area contributed by atoms with Crippen molar-refractivity contribution in [3.8, 4) is 11.1 Å². The molecule has 0 aliphatic heterocycles. The van der Waals surface area contributed by atoms with Crippen LogP contribution in [-0.2, 0) is 6.18 Å². The molecule has 3 aromatic carbocycles. The number of nitrogens with one attached hydrogen (secondary N) is 2. The topological polar surface area (TPSA) is 57.8 Å². The van der Waals surface area contributed by atoms with E-state index in [-0.39, 0.29) is 5.56 Å². The minimum atomic E-state index is -4.52. The van der Waals surface area contributed by atoms with Gasteiger partial charge in [-0.05, 0) is 48.0 Å². The lowest BCUT2D eigenvalue weighted by molar-refractivity contribution is -0.137. The van der Waals surface area contributed by atoms with Crippen LogP contribution in [0.25, 0.3) is 22.0 Å². The Balaban J connectivity index is 1.63. The van der Waals surface area contributed by atoms with Gasteiger partial charge in [-0.15, -0.1) is 0 Å². The Hall–Kier alpha value is -3.32. The number of H-pyrrole nitrogens is 1. The zero-order valence-electron chi connectivity index (χ0n) is 14.7. The molecule has 2 N–H and O–H groups in total. The van der Waals surface area contributed by atoms with Crippen LogP contribution in [0.15, 0.2) is 66.9 Å². The largest absolute Gasteiger partial charge is 0.416 e. The third-order valence-electron chi connectivity index (χ3n) is 4.43. The number of alkyl halides is 3. The van der Waals surface area contributed by atoms with Crippen LogP contribution in [0.5, 0.6) is 0 Å². The zero-order chi connectivity index (χ0) is 20.6. The molecule has 0 aliphatic rings. The van der Waals surface area contributed by atoms with Gasteiger partial charge >= 0.3 is 6.18 Å². The number of aromatic nitrogens is 2. The third kappa shape index (κ3) is 3.95. The van der Waals surface area contributed by atoms with E-state index in [2.05, 4.69) is 15.5 Å². The summed E-state index contributed by atoms with van der Waals surface area (Å²) in [7, 11) is 0. The number of aromatic amines is 1. The Morgan fingerprint density at radius 2 is 1.86 bits per heavy atom. The van der Waals surface area contributed by atoms with Crippen LogP contribution in [-0.4, -0.2) is 16.1 Å².